The molecule has 1 unspecified atom stereocenters. The van der Waals surface area contributed by atoms with Gasteiger partial charge in [-0.3, -0.25) is 9.58 Å². The molecule has 0 radical (unpaired) electrons. The normalized spacial score (nSPS) is 15.2. The third kappa shape index (κ3) is 4.96. The van der Waals surface area contributed by atoms with Crippen molar-refractivity contribution in [2.24, 2.45) is 0 Å². The lowest BCUT2D eigenvalue weighted by Gasteiger charge is -2.28. The Bertz CT molecular complexity index is 952. The van der Waals surface area contributed by atoms with Crippen LogP contribution in [-0.4, -0.2) is 34.3 Å². The maximum absolute atomic E-state index is 8.93. The topological polar surface area (TPSA) is 56.9 Å². The summed E-state index contributed by atoms with van der Waals surface area (Å²) in [7, 11) is 0. The molecule has 5 heteroatoms. The van der Waals surface area contributed by atoms with E-state index in [0.29, 0.717) is 19.0 Å². The number of hydrogen-bond donors (Lipinski definition) is 1. The van der Waals surface area contributed by atoms with Gasteiger partial charge < -0.3 is 5.32 Å². The first kappa shape index (κ1) is 20.3. The first-order valence-electron chi connectivity index (χ1n) is 10.8. The molecule has 0 amide bonds. The second-order valence-corrected chi connectivity index (χ2v) is 7.84. The molecule has 1 aliphatic rings. The maximum atomic E-state index is 8.93. The average Bonchev–Trinajstić information content (AvgIpc) is 3.47. The summed E-state index contributed by atoms with van der Waals surface area (Å²) < 4.78 is 1.90. The van der Waals surface area contributed by atoms with E-state index in [9.17, 15) is 0 Å². The quantitative estimate of drug-likeness (QED) is 0.580. The van der Waals surface area contributed by atoms with Crippen molar-refractivity contribution in [2.75, 3.05) is 19.6 Å². The van der Waals surface area contributed by atoms with Crippen LogP contribution in [0, 0.1) is 11.3 Å². The highest BCUT2D eigenvalue weighted by atomic mass is 15.3. The van der Waals surface area contributed by atoms with Crippen LogP contribution in [0.4, 0.5) is 0 Å². The van der Waals surface area contributed by atoms with E-state index in [1.54, 1.807) is 0 Å². The Kier molecular flexibility index (Phi) is 6.91. The van der Waals surface area contributed by atoms with Gasteiger partial charge in [0.15, 0.2) is 0 Å². The van der Waals surface area contributed by atoms with E-state index >= 15 is 0 Å². The second-order valence-electron chi connectivity index (χ2n) is 7.84. The van der Waals surface area contributed by atoms with Crippen molar-refractivity contribution < 1.29 is 0 Å². The van der Waals surface area contributed by atoms with Gasteiger partial charge in [-0.2, -0.15) is 10.4 Å². The molecule has 30 heavy (non-hydrogen) atoms. The summed E-state index contributed by atoms with van der Waals surface area (Å²) >= 11 is 0. The molecule has 3 aromatic rings. The lowest BCUT2D eigenvalue weighted by Crippen LogP contribution is -2.34. The lowest BCUT2D eigenvalue weighted by molar-refractivity contribution is 0.238. The Labute approximate surface area is 178 Å². The summed E-state index contributed by atoms with van der Waals surface area (Å²) in [5, 5.41) is 17.4. The van der Waals surface area contributed by atoms with Crippen LogP contribution in [-0.2, 0) is 13.1 Å². The van der Waals surface area contributed by atoms with Crippen LogP contribution in [0.15, 0.2) is 66.9 Å². The fourth-order valence-corrected chi connectivity index (χ4v) is 4.24. The molecule has 0 spiro atoms. The smallest absolute Gasteiger partial charge is 0.0968 e. The van der Waals surface area contributed by atoms with E-state index in [1.165, 1.54) is 37.1 Å². The zero-order chi connectivity index (χ0) is 20.6. The number of likely N-dealkylation sites (tertiary alicyclic amines) is 1. The maximum Gasteiger partial charge on any atom is 0.0968 e. The number of nitrogens with one attached hydrogen (secondary N) is 1. The van der Waals surface area contributed by atoms with Gasteiger partial charge in [0.1, 0.15) is 0 Å². The summed E-state index contributed by atoms with van der Waals surface area (Å²) in [6.45, 7) is 4.62. The van der Waals surface area contributed by atoms with Crippen molar-refractivity contribution in [3.63, 3.8) is 0 Å². The van der Waals surface area contributed by atoms with Gasteiger partial charge in [0.05, 0.1) is 24.7 Å². The van der Waals surface area contributed by atoms with Gasteiger partial charge in [-0.05, 0) is 31.5 Å². The summed E-state index contributed by atoms with van der Waals surface area (Å²) in [5.74, 6) is 0. The number of hydrogen-bond acceptors (Lipinski definition) is 4. The molecule has 1 atom stereocenters. The number of aryl methyl sites for hydroxylation is 1. The summed E-state index contributed by atoms with van der Waals surface area (Å²) in [5.41, 5.74) is 4.66. The number of aromatic nitrogens is 2. The molecule has 0 bridgehead atoms. The molecule has 2 aromatic carbocycles. The molecule has 1 aliphatic heterocycles. The fourth-order valence-electron chi connectivity index (χ4n) is 4.24. The summed E-state index contributed by atoms with van der Waals surface area (Å²) in [6.07, 6.45) is 5.12. The van der Waals surface area contributed by atoms with E-state index in [-0.39, 0.29) is 0 Å². The largest absolute Gasteiger partial charge is 0.311 e. The van der Waals surface area contributed by atoms with Crippen molar-refractivity contribution in [1.82, 2.24) is 20.0 Å². The Hall–Kier alpha value is -2.94. The molecule has 1 aromatic heterocycles. The third-order valence-electron chi connectivity index (χ3n) is 5.76. The molecule has 0 saturated carbocycles. The van der Waals surface area contributed by atoms with Gasteiger partial charge in [0, 0.05) is 36.5 Å². The highest BCUT2D eigenvalue weighted by Gasteiger charge is 2.23. The van der Waals surface area contributed by atoms with Gasteiger partial charge in [-0.1, -0.05) is 60.7 Å². The monoisotopic (exact) mass is 399 g/mol. The van der Waals surface area contributed by atoms with Crippen LogP contribution in [0.5, 0.6) is 0 Å². The molecule has 154 valence electrons. The number of nitriles is 1. The van der Waals surface area contributed by atoms with E-state index in [2.05, 4.69) is 64.9 Å². The van der Waals surface area contributed by atoms with Crippen molar-refractivity contribution in [3.05, 3.63) is 78.0 Å². The number of rotatable bonds is 9. The van der Waals surface area contributed by atoms with Gasteiger partial charge in [0.2, 0.25) is 0 Å². The zero-order valence-electron chi connectivity index (χ0n) is 17.4. The first-order valence-corrected chi connectivity index (χ1v) is 10.8. The van der Waals surface area contributed by atoms with E-state index in [0.717, 1.165) is 24.3 Å². The molecule has 4 rings (SSSR count). The molecule has 5 nitrogen and oxygen atoms in total. The number of benzene rings is 2. The van der Waals surface area contributed by atoms with Crippen LogP contribution in [0.2, 0.25) is 0 Å². The summed E-state index contributed by atoms with van der Waals surface area (Å²) in [6, 6.07) is 23.7. The Balaban J connectivity index is 1.49. The van der Waals surface area contributed by atoms with Crippen molar-refractivity contribution in [2.45, 2.75) is 38.4 Å². The van der Waals surface area contributed by atoms with Crippen molar-refractivity contribution in [3.8, 4) is 17.3 Å². The molecular formula is C25H29N5. The minimum Gasteiger partial charge on any atom is -0.311 e. The van der Waals surface area contributed by atoms with Crippen LogP contribution in [0.25, 0.3) is 11.3 Å². The molecule has 1 fully saturated rings. The lowest BCUT2D eigenvalue weighted by atomic mass is 10.0. The Morgan fingerprint density at radius 2 is 1.70 bits per heavy atom. The van der Waals surface area contributed by atoms with Gasteiger partial charge >= 0.3 is 0 Å². The SMILES string of the molecule is N#CCCn1cc(CNCC(c2ccccc2)N2CCCC2)c(-c2ccccc2)n1. The summed E-state index contributed by atoms with van der Waals surface area (Å²) in [4.78, 5) is 2.59. The molecule has 1 N–H and O–H groups in total. The minimum atomic E-state index is 0.391. The zero-order valence-corrected chi connectivity index (χ0v) is 17.4. The fraction of sp³-hybridized carbons (Fsp3) is 0.360. The minimum absolute atomic E-state index is 0.391. The number of nitrogens with zero attached hydrogens (tertiary/aromatic N) is 4. The highest BCUT2D eigenvalue weighted by molar-refractivity contribution is 5.62. The first-order chi connectivity index (χ1) is 14.8. The van der Waals surface area contributed by atoms with Gasteiger partial charge in [-0.25, -0.2) is 0 Å². The van der Waals surface area contributed by atoms with Crippen LogP contribution in [0.1, 0.15) is 36.4 Å². The Morgan fingerprint density at radius 1 is 1.00 bits per heavy atom. The second kappa shape index (κ2) is 10.2. The van der Waals surface area contributed by atoms with E-state index in [1.807, 2.05) is 22.9 Å². The van der Waals surface area contributed by atoms with Gasteiger partial charge in [0.25, 0.3) is 0 Å². The van der Waals surface area contributed by atoms with Gasteiger partial charge in [-0.15, -0.1) is 0 Å². The molecule has 2 heterocycles. The standard InChI is InChI=1S/C25H29N5/c26-14-9-17-30-20-23(25(28-30)22-12-5-2-6-13-22)18-27-19-24(29-15-7-8-16-29)21-10-3-1-4-11-21/h1-6,10-13,20,24,27H,7-9,15-19H2. The van der Waals surface area contributed by atoms with E-state index < -0.39 is 0 Å². The molecule has 0 aliphatic carbocycles. The molecule has 1 saturated heterocycles. The average molecular weight is 400 g/mol. The van der Waals surface area contributed by atoms with Crippen LogP contribution in [0.3, 0.4) is 0 Å². The predicted octanol–water partition coefficient (Wildman–Crippen LogP) is 4.39. The van der Waals surface area contributed by atoms with Crippen LogP contribution >= 0.6 is 0 Å². The Morgan fingerprint density at radius 3 is 2.40 bits per heavy atom. The highest BCUT2D eigenvalue weighted by Crippen LogP contribution is 2.25. The van der Waals surface area contributed by atoms with Crippen molar-refractivity contribution >= 4 is 0 Å². The predicted molar refractivity (Wildman–Crippen MR) is 120 cm³/mol. The third-order valence-corrected chi connectivity index (χ3v) is 5.76. The van der Waals surface area contributed by atoms with Crippen LogP contribution < -0.4 is 5.32 Å². The molecular weight excluding hydrogens is 370 g/mol. The van der Waals surface area contributed by atoms with Crippen molar-refractivity contribution in [1.29, 1.82) is 5.26 Å². The van der Waals surface area contributed by atoms with E-state index in [4.69, 9.17) is 10.4 Å².